The molecule has 7 nitrogen and oxygen atoms in total. The average molecular weight is 589 g/mol. The lowest BCUT2D eigenvalue weighted by atomic mass is 9.63. The highest BCUT2D eigenvalue weighted by Gasteiger charge is 2.49. The molecular formula is C30H38BrNO6. The number of Topliss-reactive ketones (excluding diaryl/α,β-unsaturated/α-hetero) is 2. The number of hydrogen-bond donors (Lipinski definition) is 1. The first kappa shape index (κ1) is 28.4. The Kier molecular flexibility index (Phi) is 7.86. The van der Waals surface area contributed by atoms with Gasteiger partial charge in [0.05, 0.1) is 24.1 Å². The molecule has 0 unspecified atom stereocenters. The fourth-order valence-corrected chi connectivity index (χ4v) is 6.73. The molecule has 1 aromatic carbocycles. The summed E-state index contributed by atoms with van der Waals surface area (Å²) in [4.78, 5) is 41.4. The number of carbonyl (C=O) groups excluding carboxylic acids is 2. The smallest absolute Gasteiger partial charge is 0.305 e. The first-order chi connectivity index (χ1) is 17.8. The summed E-state index contributed by atoms with van der Waals surface area (Å²) in [7, 11) is 0. The molecule has 1 aliphatic heterocycles. The number of allylic oxidation sites excluding steroid dienone is 4. The maximum atomic E-state index is 13.9. The topological polar surface area (TPSA) is 93.1 Å². The van der Waals surface area contributed by atoms with Crippen molar-refractivity contribution >= 4 is 33.5 Å². The van der Waals surface area contributed by atoms with Gasteiger partial charge in [0.2, 0.25) is 0 Å². The molecular weight excluding hydrogens is 550 g/mol. The summed E-state index contributed by atoms with van der Waals surface area (Å²) in [6, 6.07) is 3.83. The van der Waals surface area contributed by atoms with Crippen LogP contribution in [0.25, 0.3) is 0 Å². The van der Waals surface area contributed by atoms with E-state index in [-0.39, 0.29) is 35.4 Å². The van der Waals surface area contributed by atoms with E-state index in [9.17, 15) is 19.5 Å². The Morgan fingerprint density at radius 2 is 1.47 bits per heavy atom. The predicted octanol–water partition coefficient (Wildman–Crippen LogP) is 6.41. The minimum Gasteiger partial charge on any atom is -0.490 e. The number of carboxylic acid groups (broad SMARTS) is 1. The summed E-state index contributed by atoms with van der Waals surface area (Å²) in [6.45, 7) is 13.2. The summed E-state index contributed by atoms with van der Waals surface area (Å²) >= 11 is 3.65. The van der Waals surface area contributed by atoms with Gasteiger partial charge in [0.25, 0.3) is 0 Å². The first-order valence-electron chi connectivity index (χ1n) is 13.4. The lowest BCUT2D eigenvalue weighted by Gasteiger charge is -2.49. The van der Waals surface area contributed by atoms with Crippen molar-refractivity contribution < 1.29 is 29.0 Å². The van der Waals surface area contributed by atoms with Crippen LogP contribution in [0.4, 0.5) is 0 Å². The standard InChI is InChI=1S/C30H38BrNO6/c1-7-37-23-12-17(11-18(31)28(23)38-8-2)25-26-19(13-29(3,4)15-21(26)33)32(10-9-24(35)36)20-14-30(5,6)16-22(34)27(20)25/h11-12,25H,7-10,13-16H2,1-6H3,(H,35,36). The molecule has 8 heteroatoms. The molecule has 0 aromatic heterocycles. The molecule has 0 fully saturated rings. The van der Waals surface area contributed by atoms with Crippen LogP contribution in [0.1, 0.15) is 85.1 Å². The van der Waals surface area contributed by atoms with Crippen molar-refractivity contribution in [2.24, 2.45) is 10.8 Å². The monoisotopic (exact) mass is 587 g/mol. The molecule has 0 atom stereocenters. The lowest BCUT2D eigenvalue weighted by molar-refractivity contribution is -0.137. The number of aliphatic carboxylic acids is 1. The Labute approximate surface area is 233 Å². The van der Waals surface area contributed by atoms with Crippen molar-refractivity contribution in [2.75, 3.05) is 19.8 Å². The SMILES string of the molecule is CCOc1cc(C2C3=C(CC(C)(C)CC3=O)N(CCC(=O)O)C3=C2C(=O)CC(C)(C)C3)cc(Br)c1OCC. The second kappa shape index (κ2) is 10.5. The number of ether oxygens (including phenoxy) is 2. The van der Waals surface area contributed by atoms with Crippen LogP contribution in [0.15, 0.2) is 39.1 Å². The molecule has 3 aliphatic rings. The molecule has 0 saturated heterocycles. The van der Waals surface area contributed by atoms with E-state index in [1.807, 2.05) is 30.9 Å². The summed E-state index contributed by atoms with van der Waals surface area (Å²) in [6.07, 6.45) is 1.92. The van der Waals surface area contributed by atoms with Gasteiger partial charge in [0.1, 0.15) is 0 Å². The number of halogens is 1. The van der Waals surface area contributed by atoms with Crippen LogP contribution in [-0.4, -0.2) is 47.3 Å². The van der Waals surface area contributed by atoms with E-state index in [0.717, 1.165) is 17.0 Å². The van der Waals surface area contributed by atoms with Gasteiger partial charge >= 0.3 is 5.97 Å². The van der Waals surface area contributed by atoms with Crippen LogP contribution >= 0.6 is 15.9 Å². The van der Waals surface area contributed by atoms with E-state index in [2.05, 4.69) is 43.6 Å². The fraction of sp³-hybridized carbons (Fsp3) is 0.567. The first-order valence-corrected chi connectivity index (χ1v) is 14.2. The van der Waals surface area contributed by atoms with Crippen LogP contribution in [0, 0.1) is 10.8 Å². The Bertz CT molecular complexity index is 1190. The number of carbonyl (C=O) groups is 3. The molecule has 0 saturated carbocycles. The van der Waals surface area contributed by atoms with Crippen molar-refractivity contribution in [3.05, 3.63) is 44.7 Å². The largest absolute Gasteiger partial charge is 0.490 e. The van der Waals surface area contributed by atoms with Gasteiger partial charge in [-0.25, -0.2) is 0 Å². The molecule has 0 spiro atoms. The number of rotatable bonds is 8. The highest BCUT2D eigenvalue weighted by Crippen LogP contribution is 2.55. The van der Waals surface area contributed by atoms with E-state index in [1.165, 1.54) is 0 Å². The quantitative estimate of drug-likeness (QED) is 0.375. The molecule has 1 heterocycles. The van der Waals surface area contributed by atoms with E-state index < -0.39 is 11.9 Å². The minimum absolute atomic E-state index is 0.00808. The molecule has 206 valence electrons. The Balaban J connectivity index is 2.00. The third-order valence-corrected chi connectivity index (χ3v) is 8.11. The van der Waals surface area contributed by atoms with Gasteiger partial charge in [-0.15, -0.1) is 0 Å². The van der Waals surface area contributed by atoms with E-state index in [1.54, 1.807) is 0 Å². The van der Waals surface area contributed by atoms with Crippen LogP contribution in [0.3, 0.4) is 0 Å². The van der Waals surface area contributed by atoms with Crippen molar-refractivity contribution in [2.45, 2.75) is 79.6 Å². The van der Waals surface area contributed by atoms with Crippen LogP contribution in [0.2, 0.25) is 0 Å². The van der Waals surface area contributed by atoms with Gasteiger partial charge in [-0.3, -0.25) is 14.4 Å². The van der Waals surface area contributed by atoms with Gasteiger partial charge in [-0.2, -0.15) is 0 Å². The number of carboxylic acids is 1. The molecule has 4 rings (SSSR count). The molecule has 0 bridgehead atoms. The van der Waals surface area contributed by atoms with Gasteiger partial charge in [-0.05, 0) is 71.1 Å². The number of ketones is 2. The second-order valence-corrected chi connectivity index (χ2v) is 12.9. The molecule has 0 radical (unpaired) electrons. The predicted molar refractivity (Wildman–Crippen MR) is 148 cm³/mol. The summed E-state index contributed by atoms with van der Waals surface area (Å²) in [5.41, 5.74) is 3.17. The second-order valence-electron chi connectivity index (χ2n) is 12.0. The van der Waals surface area contributed by atoms with Crippen molar-refractivity contribution in [3.63, 3.8) is 0 Å². The highest BCUT2D eigenvalue weighted by molar-refractivity contribution is 9.10. The van der Waals surface area contributed by atoms with Crippen molar-refractivity contribution in [1.29, 1.82) is 0 Å². The normalized spacial score (nSPS) is 20.9. The van der Waals surface area contributed by atoms with Crippen LogP contribution in [-0.2, 0) is 14.4 Å². The van der Waals surface area contributed by atoms with E-state index >= 15 is 0 Å². The van der Waals surface area contributed by atoms with Gasteiger partial charge in [0, 0.05) is 47.8 Å². The zero-order chi connectivity index (χ0) is 28.0. The summed E-state index contributed by atoms with van der Waals surface area (Å²) in [5, 5.41) is 9.53. The lowest BCUT2D eigenvalue weighted by Crippen LogP contribution is -2.45. The fourth-order valence-electron chi connectivity index (χ4n) is 6.16. The Morgan fingerprint density at radius 1 is 0.947 bits per heavy atom. The highest BCUT2D eigenvalue weighted by atomic mass is 79.9. The average Bonchev–Trinajstić information content (AvgIpc) is 2.77. The van der Waals surface area contributed by atoms with E-state index in [4.69, 9.17) is 9.47 Å². The number of benzene rings is 1. The molecule has 1 aromatic rings. The number of nitrogens with zero attached hydrogens (tertiary/aromatic N) is 1. The summed E-state index contributed by atoms with van der Waals surface area (Å²) in [5.74, 6) is -0.283. The van der Waals surface area contributed by atoms with Crippen LogP contribution < -0.4 is 9.47 Å². The zero-order valence-corrected chi connectivity index (χ0v) is 24.8. The molecule has 2 aliphatic carbocycles. The Hall–Kier alpha value is -2.61. The third kappa shape index (κ3) is 5.42. The van der Waals surface area contributed by atoms with Crippen LogP contribution in [0.5, 0.6) is 11.5 Å². The Morgan fingerprint density at radius 3 is 1.95 bits per heavy atom. The van der Waals surface area contributed by atoms with Gasteiger partial charge in [-0.1, -0.05) is 27.7 Å². The number of hydrogen-bond acceptors (Lipinski definition) is 6. The molecule has 0 amide bonds. The van der Waals surface area contributed by atoms with E-state index in [0.29, 0.717) is 66.0 Å². The summed E-state index contributed by atoms with van der Waals surface area (Å²) < 4.78 is 12.5. The van der Waals surface area contributed by atoms with Crippen molar-refractivity contribution in [3.8, 4) is 11.5 Å². The maximum absolute atomic E-state index is 13.9. The maximum Gasteiger partial charge on any atom is 0.305 e. The zero-order valence-electron chi connectivity index (χ0n) is 23.2. The van der Waals surface area contributed by atoms with Crippen molar-refractivity contribution in [1.82, 2.24) is 4.90 Å². The molecule has 38 heavy (non-hydrogen) atoms. The third-order valence-electron chi connectivity index (χ3n) is 7.52. The van der Waals surface area contributed by atoms with Gasteiger partial charge < -0.3 is 19.5 Å². The minimum atomic E-state index is -0.906. The molecule has 1 N–H and O–H groups in total. The van der Waals surface area contributed by atoms with Gasteiger partial charge in [0.15, 0.2) is 23.1 Å².